The first kappa shape index (κ1) is 20.8. The number of aryl methyl sites for hydroxylation is 2. The Morgan fingerprint density at radius 2 is 1.38 bits per heavy atom. The number of anilines is 3. The summed E-state index contributed by atoms with van der Waals surface area (Å²) in [6, 6.07) is 19.7. The number of benzene rings is 3. The van der Waals surface area contributed by atoms with E-state index in [4.69, 9.17) is 12.2 Å². The van der Waals surface area contributed by atoms with Gasteiger partial charge in [0, 0.05) is 11.4 Å². The molecule has 0 aliphatic carbocycles. The summed E-state index contributed by atoms with van der Waals surface area (Å²) in [7, 11) is -3.67. The lowest BCUT2D eigenvalue weighted by atomic mass is 10.1. The lowest BCUT2D eigenvalue weighted by molar-refractivity contribution is 0.601. The summed E-state index contributed by atoms with van der Waals surface area (Å²) in [5.41, 5.74) is 5.35. The standard InChI is InChI=1S/C22H23N3O2S2/c1-15-8-6-10-21(17(15)3)24-22(28)23-18-11-13-19(14-12-18)29(26,27)25-20-9-5-4-7-16(20)2/h4-14,25H,1-3H3,(H2,23,24,28). The second kappa shape index (κ2) is 8.63. The molecule has 3 N–H and O–H groups in total. The molecule has 150 valence electrons. The second-order valence-electron chi connectivity index (χ2n) is 6.77. The lowest BCUT2D eigenvalue weighted by Gasteiger charge is -2.14. The minimum atomic E-state index is -3.67. The van der Waals surface area contributed by atoms with E-state index in [1.54, 1.807) is 36.4 Å². The SMILES string of the molecule is Cc1ccccc1NS(=O)(=O)c1ccc(NC(=S)Nc2cccc(C)c2C)cc1. The summed E-state index contributed by atoms with van der Waals surface area (Å²) in [6.45, 7) is 5.93. The molecule has 0 bridgehead atoms. The molecule has 7 heteroatoms. The predicted octanol–water partition coefficient (Wildman–Crippen LogP) is 5.22. The van der Waals surface area contributed by atoms with Gasteiger partial charge in [-0.3, -0.25) is 4.72 Å². The van der Waals surface area contributed by atoms with Gasteiger partial charge in [0.05, 0.1) is 10.6 Å². The fraction of sp³-hybridized carbons (Fsp3) is 0.136. The number of hydrogen-bond donors (Lipinski definition) is 3. The first-order valence-corrected chi connectivity index (χ1v) is 11.0. The van der Waals surface area contributed by atoms with E-state index in [0.29, 0.717) is 16.5 Å². The van der Waals surface area contributed by atoms with Crippen LogP contribution in [-0.4, -0.2) is 13.5 Å². The van der Waals surface area contributed by atoms with Crippen LogP contribution in [0.3, 0.4) is 0 Å². The highest BCUT2D eigenvalue weighted by atomic mass is 32.2. The Morgan fingerprint density at radius 1 is 0.759 bits per heavy atom. The van der Waals surface area contributed by atoms with Crippen LogP contribution in [0, 0.1) is 20.8 Å². The van der Waals surface area contributed by atoms with E-state index < -0.39 is 10.0 Å². The fourth-order valence-electron chi connectivity index (χ4n) is 2.78. The van der Waals surface area contributed by atoms with Crippen LogP contribution in [-0.2, 0) is 10.0 Å². The van der Waals surface area contributed by atoms with Gasteiger partial charge in [0.15, 0.2) is 5.11 Å². The number of nitrogens with one attached hydrogen (secondary N) is 3. The maximum Gasteiger partial charge on any atom is 0.261 e. The molecule has 3 rings (SSSR count). The van der Waals surface area contributed by atoms with Gasteiger partial charge in [0.25, 0.3) is 10.0 Å². The van der Waals surface area contributed by atoms with Gasteiger partial charge in [-0.1, -0.05) is 30.3 Å². The Morgan fingerprint density at radius 3 is 2.07 bits per heavy atom. The highest BCUT2D eigenvalue weighted by Crippen LogP contribution is 2.21. The van der Waals surface area contributed by atoms with Crippen molar-refractivity contribution in [2.75, 3.05) is 15.4 Å². The summed E-state index contributed by atoms with van der Waals surface area (Å²) in [5.74, 6) is 0. The van der Waals surface area contributed by atoms with Gasteiger partial charge in [-0.15, -0.1) is 0 Å². The Kier molecular flexibility index (Phi) is 6.20. The van der Waals surface area contributed by atoms with Crippen LogP contribution in [0.5, 0.6) is 0 Å². The van der Waals surface area contributed by atoms with Gasteiger partial charge >= 0.3 is 0 Å². The van der Waals surface area contributed by atoms with E-state index in [9.17, 15) is 8.42 Å². The first-order chi connectivity index (χ1) is 13.8. The summed E-state index contributed by atoms with van der Waals surface area (Å²) >= 11 is 5.38. The molecule has 3 aromatic carbocycles. The molecule has 0 aliphatic heterocycles. The fourth-order valence-corrected chi connectivity index (χ4v) is 4.14. The van der Waals surface area contributed by atoms with Crippen LogP contribution in [0.4, 0.5) is 17.1 Å². The van der Waals surface area contributed by atoms with Crippen molar-refractivity contribution in [1.82, 2.24) is 0 Å². The molecule has 0 unspecified atom stereocenters. The number of para-hydroxylation sites is 1. The van der Waals surface area contributed by atoms with Gasteiger partial charge in [-0.25, -0.2) is 8.42 Å². The van der Waals surface area contributed by atoms with E-state index in [1.165, 1.54) is 5.56 Å². The van der Waals surface area contributed by atoms with Crippen LogP contribution in [0.25, 0.3) is 0 Å². The van der Waals surface area contributed by atoms with Gasteiger partial charge in [-0.2, -0.15) is 0 Å². The van der Waals surface area contributed by atoms with Crippen LogP contribution >= 0.6 is 12.2 Å². The Labute approximate surface area is 177 Å². The second-order valence-corrected chi connectivity index (χ2v) is 8.86. The molecule has 0 amide bonds. The monoisotopic (exact) mass is 425 g/mol. The molecule has 0 aromatic heterocycles. The maximum atomic E-state index is 12.6. The maximum absolute atomic E-state index is 12.6. The summed E-state index contributed by atoms with van der Waals surface area (Å²) in [4.78, 5) is 0.180. The van der Waals surface area contributed by atoms with Crippen molar-refractivity contribution in [3.63, 3.8) is 0 Å². The third-order valence-electron chi connectivity index (χ3n) is 4.66. The lowest BCUT2D eigenvalue weighted by Crippen LogP contribution is -2.20. The van der Waals surface area contributed by atoms with Crippen molar-refractivity contribution in [2.24, 2.45) is 0 Å². The Bertz CT molecular complexity index is 1140. The molecule has 5 nitrogen and oxygen atoms in total. The Hall–Kier alpha value is -2.90. The van der Waals surface area contributed by atoms with Crippen molar-refractivity contribution in [1.29, 1.82) is 0 Å². The average molecular weight is 426 g/mol. The molecule has 0 saturated carbocycles. The average Bonchev–Trinajstić information content (AvgIpc) is 2.67. The van der Waals surface area contributed by atoms with Crippen molar-refractivity contribution >= 4 is 44.4 Å². The van der Waals surface area contributed by atoms with E-state index in [1.807, 2.05) is 51.1 Å². The van der Waals surface area contributed by atoms with Gasteiger partial charge < -0.3 is 10.6 Å². The van der Waals surface area contributed by atoms with Crippen molar-refractivity contribution in [3.8, 4) is 0 Å². The molecule has 0 heterocycles. The highest BCUT2D eigenvalue weighted by molar-refractivity contribution is 7.92. The third-order valence-corrected chi connectivity index (χ3v) is 6.25. The van der Waals surface area contributed by atoms with Crippen LogP contribution < -0.4 is 15.4 Å². The number of sulfonamides is 1. The molecular formula is C22H23N3O2S2. The summed E-state index contributed by atoms with van der Waals surface area (Å²) in [5, 5.41) is 6.69. The minimum Gasteiger partial charge on any atom is -0.332 e. The highest BCUT2D eigenvalue weighted by Gasteiger charge is 2.15. The zero-order valence-corrected chi connectivity index (χ0v) is 18.1. The van der Waals surface area contributed by atoms with E-state index >= 15 is 0 Å². The molecule has 0 spiro atoms. The molecule has 0 radical (unpaired) electrons. The van der Waals surface area contributed by atoms with Crippen LogP contribution in [0.15, 0.2) is 71.6 Å². The molecule has 0 saturated heterocycles. The zero-order valence-electron chi connectivity index (χ0n) is 16.5. The number of hydrogen-bond acceptors (Lipinski definition) is 3. The van der Waals surface area contributed by atoms with Gasteiger partial charge in [-0.05, 0) is 86.1 Å². The van der Waals surface area contributed by atoms with Crippen LogP contribution in [0.2, 0.25) is 0 Å². The Balaban J connectivity index is 1.69. The normalized spacial score (nSPS) is 11.0. The molecule has 0 aliphatic rings. The van der Waals surface area contributed by atoms with E-state index in [-0.39, 0.29) is 4.90 Å². The number of rotatable bonds is 5. The van der Waals surface area contributed by atoms with E-state index in [0.717, 1.165) is 16.8 Å². The summed E-state index contributed by atoms with van der Waals surface area (Å²) in [6.07, 6.45) is 0. The van der Waals surface area contributed by atoms with Crippen LogP contribution in [0.1, 0.15) is 16.7 Å². The van der Waals surface area contributed by atoms with Crippen molar-refractivity contribution in [3.05, 3.63) is 83.4 Å². The summed E-state index contributed by atoms with van der Waals surface area (Å²) < 4.78 is 27.9. The minimum absolute atomic E-state index is 0.180. The van der Waals surface area contributed by atoms with Crippen molar-refractivity contribution < 1.29 is 8.42 Å². The molecule has 29 heavy (non-hydrogen) atoms. The third kappa shape index (κ3) is 5.13. The molecule has 3 aromatic rings. The topological polar surface area (TPSA) is 70.2 Å². The van der Waals surface area contributed by atoms with Gasteiger partial charge in [0.1, 0.15) is 0 Å². The largest absolute Gasteiger partial charge is 0.332 e. The smallest absolute Gasteiger partial charge is 0.261 e. The first-order valence-electron chi connectivity index (χ1n) is 9.09. The predicted molar refractivity (Wildman–Crippen MR) is 124 cm³/mol. The molecule has 0 atom stereocenters. The van der Waals surface area contributed by atoms with Crippen molar-refractivity contribution in [2.45, 2.75) is 25.7 Å². The number of thiocarbonyl (C=S) groups is 1. The molecular weight excluding hydrogens is 402 g/mol. The quantitative estimate of drug-likeness (QED) is 0.489. The molecule has 0 fully saturated rings. The van der Waals surface area contributed by atoms with Gasteiger partial charge in [0.2, 0.25) is 0 Å². The zero-order chi connectivity index (χ0) is 21.0. The van der Waals surface area contributed by atoms with E-state index in [2.05, 4.69) is 15.4 Å².